The summed E-state index contributed by atoms with van der Waals surface area (Å²) in [6.07, 6.45) is 6.33. The molecule has 2 N–H and O–H groups in total. The minimum Gasteiger partial charge on any atom is -0.481 e. The van der Waals surface area contributed by atoms with Crippen molar-refractivity contribution < 1.29 is 19.5 Å². The van der Waals surface area contributed by atoms with Crippen LogP contribution in [-0.4, -0.2) is 38.4 Å². The highest BCUT2D eigenvalue weighted by atomic mass is 16.4. The highest BCUT2D eigenvalue weighted by molar-refractivity contribution is 5.91. The quantitative estimate of drug-likeness (QED) is 0.779. The topological polar surface area (TPSA) is 101 Å². The van der Waals surface area contributed by atoms with Crippen molar-refractivity contribution in [3.63, 3.8) is 0 Å². The fourth-order valence-corrected chi connectivity index (χ4v) is 2.99. The molecule has 0 saturated carbocycles. The minimum absolute atomic E-state index is 0.171. The first-order valence-corrected chi connectivity index (χ1v) is 8.70. The summed E-state index contributed by atoms with van der Waals surface area (Å²) in [6.45, 7) is 6.97. The lowest BCUT2D eigenvalue weighted by Crippen LogP contribution is -2.50. The number of carboxylic acids is 1. The number of amides is 1. The first-order chi connectivity index (χ1) is 12.6. The van der Waals surface area contributed by atoms with Gasteiger partial charge in [0.2, 0.25) is 5.91 Å². The lowest BCUT2D eigenvalue weighted by atomic mass is 9.84. The Labute approximate surface area is 158 Å². The van der Waals surface area contributed by atoms with E-state index in [1.54, 1.807) is 29.4 Å². The van der Waals surface area contributed by atoms with E-state index in [1.165, 1.54) is 6.92 Å². The van der Waals surface area contributed by atoms with E-state index in [9.17, 15) is 19.5 Å². The maximum Gasteiger partial charge on any atom is 0.306 e. The van der Waals surface area contributed by atoms with Crippen LogP contribution in [0.4, 0.5) is 0 Å². The summed E-state index contributed by atoms with van der Waals surface area (Å²) in [7, 11) is 0. The Hall–Kier alpha value is -2.96. The van der Waals surface area contributed by atoms with Crippen LogP contribution in [0.15, 0.2) is 43.0 Å². The number of carbonyl (C=O) groups excluding carboxylic acids is 2. The predicted molar refractivity (Wildman–Crippen MR) is 101 cm³/mol. The van der Waals surface area contributed by atoms with Crippen LogP contribution in [0.5, 0.6) is 0 Å². The lowest BCUT2D eigenvalue weighted by Gasteiger charge is -2.31. The van der Waals surface area contributed by atoms with Crippen molar-refractivity contribution in [2.45, 2.75) is 46.2 Å². The van der Waals surface area contributed by atoms with Gasteiger partial charge in [-0.15, -0.1) is 0 Å². The zero-order valence-corrected chi connectivity index (χ0v) is 16.0. The smallest absolute Gasteiger partial charge is 0.306 e. The number of pyridine rings is 1. The van der Waals surface area contributed by atoms with Gasteiger partial charge in [-0.05, 0) is 41.7 Å². The van der Waals surface area contributed by atoms with Gasteiger partial charge >= 0.3 is 5.97 Å². The van der Waals surface area contributed by atoms with Gasteiger partial charge in [-0.1, -0.05) is 20.8 Å². The normalized spacial score (nSPS) is 13.6. The zero-order chi connectivity index (χ0) is 20.2. The monoisotopic (exact) mass is 371 g/mol. The maximum absolute atomic E-state index is 12.8. The SMILES string of the molecule is CC(=O)C(NC(=O)C(CC(=O)O)n1ccc(-c2ccncc2)c1)C(C)(C)C. The number of carboxylic acid groups (broad SMARTS) is 1. The van der Waals surface area contributed by atoms with E-state index in [1.807, 2.05) is 39.0 Å². The second-order valence-electron chi connectivity index (χ2n) is 7.62. The Morgan fingerprint density at radius 1 is 1.15 bits per heavy atom. The molecule has 0 aliphatic rings. The molecule has 0 saturated heterocycles. The van der Waals surface area contributed by atoms with E-state index in [0.717, 1.165) is 11.1 Å². The van der Waals surface area contributed by atoms with Crippen LogP contribution in [0, 0.1) is 5.41 Å². The fourth-order valence-electron chi connectivity index (χ4n) is 2.99. The van der Waals surface area contributed by atoms with Gasteiger partial charge in [0, 0.05) is 24.8 Å². The molecule has 2 aromatic rings. The number of carbonyl (C=O) groups is 3. The average Bonchev–Trinajstić information content (AvgIpc) is 3.06. The molecule has 0 spiro atoms. The third-order valence-corrected chi connectivity index (χ3v) is 4.32. The van der Waals surface area contributed by atoms with Crippen molar-refractivity contribution in [1.29, 1.82) is 0 Å². The molecule has 2 unspecified atom stereocenters. The summed E-state index contributed by atoms with van der Waals surface area (Å²) in [5.41, 5.74) is 1.28. The van der Waals surface area contributed by atoms with Gasteiger partial charge in [-0.25, -0.2) is 0 Å². The van der Waals surface area contributed by atoms with Crippen molar-refractivity contribution in [1.82, 2.24) is 14.9 Å². The number of rotatable bonds is 7. The summed E-state index contributed by atoms with van der Waals surface area (Å²) >= 11 is 0. The maximum atomic E-state index is 12.8. The Bertz CT molecular complexity index is 821. The van der Waals surface area contributed by atoms with Crippen molar-refractivity contribution in [3.05, 3.63) is 43.0 Å². The molecular formula is C20H25N3O4. The summed E-state index contributed by atoms with van der Waals surface area (Å²) < 4.78 is 1.57. The third-order valence-electron chi connectivity index (χ3n) is 4.32. The number of aliphatic carboxylic acids is 1. The second-order valence-corrected chi connectivity index (χ2v) is 7.62. The van der Waals surface area contributed by atoms with E-state index >= 15 is 0 Å². The molecule has 0 bridgehead atoms. The van der Waals surface area contributed by atoms with E-state index < -0.39 is 29.4 Å². The predicted octanol–water partition coefficient (Wildman–Crippen LogP) is 2.69. The number of aromatic nitrogens is 2. The molecule has 2 rings (SSSR count). The highest BCUT2D eigenvalue weighted by Crippen LogP contribution is 2.24. The zero-order valence-electron chi connectivity index (χ0n) is 16.0. The van der Waals surface area contributed by atoms with Gasteiger partial charge in [0.05, 0.1) is 12.5 Å². The number of nitrogens with zero attached hydrogens (tertiary/aromatic N) is 2. The Morgan fingerprint density at radius 2 is 1.78 bits per heavy atom. The second kappa shape index (κ2) is 8.16. The lowest BCUT2D eigenvalue weighted by molar-refractivity contribution is -0.141. The van der Waals surface area contributed by atoms with Gasteiger partial charge in [0.15, 0.2) is 5.78 Å². The minimum atomic E-state index is -1.09. The number of Topliss-reactive ketones (excluding diaryl/α,β-unsaturated/α-hetero) is 1. The molecule has 7 heteroatoms. The summed E-state index contributed by atoms with van der Waals surface area (Å²) in [4.78, 5) is 40.1. The van der Waals surface area contributed by atoms with Crippen LogP contribution < -0.4 is 5.32 Å². The molecule has 2 aromatic heterocycles. The van der Waals surface area contributed by atoms with Crippen molar-refractivity contribution >= 4 is 17.7 Å². The number of nitrogens with one attached hydrogen (secondary N) is 1. The summed E-state index contributed by atoms with van der Waals surface area (Å²) in [6, 6.07) is 3.82. The Balaban J connectivity index is 2.30. The van der Waals surface area contributed by atoms with E-state index in [2.05, 4.69) is 10.3 Å². The fraction of sp³-hybridized carbons (Fsp3) is 0.400. The van der Waals surface area contributed by atoms with Crippen LogP contribution in [0.25, 0.3) is 11.1 Å². The van der Waals surface area contributed by atoms with E-state index in [4.69, 9.17) is 0 Å². The van der Waals surface area contributed by atoms with E-state index in [-0.39, 0.29) is 12.2 Å². The van der Waals surface area contributed by atoms with Gasteiger partial charge in [0.1, 0.15) is 6.04 Å². The third kappa shape index (κ3) is 5.26. The van der Waals surface area contributed by atoms with Crippen LogP contribution >= 0.6 is 0 Å². The number of hydrogen-bond donors (Lipinski definition) is 2. The molecular weight excluding hydrogens is 346 g/mol. The molecule has 0 aliphatic heterocycles. The summed E-state index contributed by atoms with van der Waals surface area (Å²) in [5, 5.41) is 12.0. The average molecular weight is 371 g/mol. The molecule has 0 fully saturated rings. The van der Waals surface area contributed by atoms with Crippen LogP contribution in [0.3, 0.4) is 0 Å². The molecule has 0 radical (unpaired) electrons. The van der Waals surface area contributed by atoms with E-state index in [0.29, 0.717) is 0 Å². The van der Waals surface area contributed by atoms with Gasteiger partial charge in [-0.3, -0.25) is 19.4 Å². The first-order valence-electron chi connectivity index (χ1n) is 8.70. The highest BCUT2D eigenvalue weighted by Gasteiger charge is 2.33. The van der Waals surface area contributed by atoms with Gasteiger partial charge < -0.3 is 15.0 Å². The van der Waals surface area contributed by atoms with Gasteiger partial charge in [0.25, 0.3) is 0 Å². The molecule has 0 aliphatic carbocycles. The molecule has 7 nitrogen and oxygen atoms in total. The number of hydrogen-bond acceptors (Lipinski definition) is 4. The first kappa shape index (κ1) is 20.4. The van der Waals surface area contributed by atoms with Crippen LogP contribution in [0.2, 0.25) is 0 Å². The van der Waals surface area contributed by atoms with Crippen molar-refractivity contribution in [2.24, 2.45) is 5.41 Å². The molecule has 2 atom stereocenters. The van der Waals surface area contributed by atoms with Gasteiger partial charge in [-0.2, -0.15) is 0 Å². The molecule has 0 aromatic carbocycles. The van der Waals surface area contributed by atoms with Crippen LogP contribution in [-0.2, 0) is 14.4 Å². The molecule has 1 amide bonds. The summed E-state index contributed by atoms with van der Waals surface area (Å²) in [5.74, 6) is -1.76. The Morgan fingerprint density at radius 3 is 2.30 bits per heavy atom. The Kier molecular flexibility index (Phi) is 6.15. The largest absolute Gasteiger partial charge is 0.481 e. The standard InChI is InChI=1S/C20H25N3O4/c1-13(24)18(20(2,3)4)22-19(27)16(11-17(25)26)23-10-7-15(12-23)14-5-8-21-9-6-14/h5-10,12,16,18H,11H2,1-4H3,(H,22,27)(H,25,26). The molecule has 27 heavy (non-hydrogen) atoms. The number of ketones is 1. The molecule has 2 heterocycles. The van der Waals surface area contributed by atoms with Crippen LogP contribution in [0.1, 0.15) is 40.2 Å². The van der Waals surface area contributed by atoms with Crippen molar-refractivity contribution in [2.75, 3.05) is 0 Å². The van der Waals surface area contributed by atoms with Crippen molar-refractivity contribution in [3.8, 4) is 11.1 Å². The molecule has 144 valence electrons.